The van der Waals surface area contributed by atoms with E-state index in [1.807, 2.05) is 24.3 Å². The van der Waals surface area contributed by atoms with E-state index in [4.69, 9.17) is 15.2 Å². The van der Waals surface area contributed by atoms with Gasteiger partial charge in [0.05, 0.1) is 20.3 Å². The molecule has 20 heavy (non-hydrogen) atoms. The summed E-state index contributed by atoms with van der Waals surface area (Å²) in [6, 6.07) is 14.2. The molecule has 2 aromatic rings. The third-order valence-electron chi connectivity index (χ3n) is 3.33. The van der Waals surface area contributed by atoms with Crippen LogP contribution in [0.2, 0.25) is 0 Å². The molecule has 3 heteroatoms. The topological polar surface area (TPSA) is 44.5 Å². The van der Waals surface area contributed by atoms with Gasteiger partial charge in [0.15, 0.2) is 0 Å². The average Bonchev–Trinajstić information content (AvgIpc) is 2.49. The minimum absolute atomic E-state index is 0.577. The highest BCUT2D eigenvalue weighted by atomic mass is 16.5. The van der Waals surface area contributed by atoms with E-state index in [0.29, 0.717) is 19.8 Å². The molecule has 0 saturated heterocycles. The lowest BCUT2D eigenvalue weighted by atomic mass is 10.1. The first-order chi connectivity index (χ1) is 9.72. The van der Waals surface area contributed by atoms with Gasteiger partial charge in [-0.3, -0.25) is 0 Å². The van der Waals surface area contributed by atoms with E-state index in [1.165, 1.54) is 11.1 Å². The number of benzene rings is 2. The van der Waals surface area contributed by atoms with Crippen molar-refractivity contribution in [3.63, 3.8) is 0 Å². The molecule has 0 fully saturated rings. The highest BCUT2D eigenvalue weighted by Gasteiger charge is 2.01. The number of hydrogen-bond acceptors (Lipinski definition) is 3. The summed E-state index contributed by atoms with van der Waals surface area (Å²) < 4.78 is 10.9. The van der Waals surface area contributed by atoms with Crippen LogP contribution in [-0.4, -0.2) is 7.11 Å². The Kier molecular flexibility index (Phi) is 5.16. The molecule has 106 valence electrons. The van der Waals surface area contributed by atoms with Gasteiger partial charge in [0.2, 0.25) is 0 Å². The second kappa shape index (κ2) is 7.08. The van der Waals surface area contributed by atoms with E-state index >= 15 is 0 Å². The number of ether oxygens (including phenoxy) is 2. The molecule has 2 N–H and O–H groups in total. The Labute approximate surface area is 120 Å². The summed E-state index contributed by atoms with van der Waals surface area (Å²) in [7, 11) is 1.67. The summed E-state index contributed by atoms with van der Waals surface area (Å²) in [5.41, 5.74) is 10.4. The molecule has 0 saturated carbocycles. The molecule has 3 nitrogen and oxygen atoms in total. The van der Waals surface area contributed by atoms with Gasteiger partial charge in [0.1, 0.15) is 5.75 Å². The molecule has 0 radical (unpaired) electrons. The largest absolute Gasteiger partial charge is 0.497 e. The lowest BCUT2D eigenvalue weighted by molar-refractivity contribution is 0.107. The second-order valence-electron chi connectivity index (χ2n) is 4.81. The fraction of sp³-hybridized carbons (Fsp3) is 0.294. The SMILES string of the molecule is COc1ccc(COCc2ccc(CN)cc2C)cc1. The van der Waals surface area contributed by atoms with Crippen molar-refractivity contribution in [2.24, 2.45) is 5.73 Å². The Morgan fingerprint density at radius 2 is 1.65 bits per heavy atom. The zero-order valence-corrected chi connectivity index (χ0v) is 12.1. The first kappa shape index (κ1) is 14.6. The Morgan fingerprint density at radius 3 is 2.25 bits per heavy atom. The van der Waals surface area contributed by atoms with Gasteiger partial charge < -0.3 is 15.2 Å². The predicted octanol–water partition coefficient (Wildman–Crippen LogP) is 3.18. The minimum Gasteiger partial charge on any atom is -0.497 e. The van der Waals surface area contributed by atoms with E-state index in [1.54, 1.807) is 7.11 Å². The lowest BCUT2D eigenvalue weighted by Crippen LogP contribution is -2.00. The van der Waals surface area contributed by atoms with Crippen molar-refractivity contribution in [2.75, 3.05) is 7.11 Å². The van der Waals surface area contributed by atoms with Crippen LogP contribution in [0.4, 0.5) is 0 Å². The second-order valence-corrected chi connectivity index (χ2v) is 4.81. The molecule has 0 aliphatic heterocycles. The highest BCUT2D eigenvalue weighted by Crippen LogP contribution is 2.15. The first-order valence-electron chi connectivity index (χ1n) is 6.72. The Hall–Kier alpha value is -1.84. The monoisotopic (exact) mass is 271 g/mol. The number of hydrogen-bond donors (Lipinski definition) is 1. The quantitative estimate of drug-likeness (QED) is 0.877. The number of nitrogens with two attached hydrogens (primary N) is 1. The Balaban J connectivity index is 1.88. The van der Waals surface area contributed by atoms with E-state index in [-0.39, 0.29) is 0 Å². The average molecular weight is 271 g/mol. The third-order valence-corrected chi connectivity index (χ3v) is 3.33. The van der Waals surface area contributed by atoms with Crippen molar-refractivity contribution >= 4 is 0 Å². The Morgan fingerprint density at radius 1 is 0.950 bits per heavy atom. The molecule has 0 amide bonds. The smallest absolute Gasteiger partial charge is 0.118 e. The summed E-state index contributed by atoms with van der Waals surface area (Å²) in [4.78, 5) is 0. The normalized spacial score (nSPS) is 10.6. The molecule has 0 unspecified atom stereocenters. The molecule has 0 aromatic heterocycles. The summed E-state index contributed by atoms with van der Waals surface area (Å²) in [6.45, 7) is 3.88. The van der Waals surface area contributed by atoms with Crippen molar-refractivity contribution in [3.8, 4) is 5.75 Å². The molecule has 0 aliphatic carbocycles. The van der Waals surface area contributed by atoms with Gasteiger partial charge in [0, 0.05) is 6.54 Å². The summed E-state index contributed by atoms with van der Waals surface area (Å²) in [5, 5.41) is 0. The van der Waals surface area contributed by atoms with Gasteiger partial charge in [-0.05, 0) is 41.3 Å². The van der Waals surface area contributed by atoms with Crippen LogP contribution in [-0.2, 0) is 24.5 Å². The molecular weight excluding hydrogens is 250 g/mol. The van der Waals surface area contributed by atoms with Crippen LogP contribution < -0.4 is 10.5 Å². The summed E-state index contributed by atoms with van der Waals surface area (Å²) in [6.07, 6.45) is 0. The van der Waals surface area contributed by atoms with Crippen LogP contribution in [0.3, 0.4) is 0 Å². The number of aryl methyl sites for hydroxylation is 1. The zero-order chi connectivity index (χ0) is 14.4. The van der Waals surface area contributed by atoms with E-state index < -0.39 is 0 Å². The zero-order valence-electron chi connectivity index (χ0n) is 12.1. The van der Waals surface area contributed by atoms with Crippen molar-refractivity contribution in [3.05, 3.63) is 64.7 Å². The maximum absolute atomic E-state index is 5.76. The van der Waals surface area contributed by atoms with Crippen LogP contribution >= 0.6 is 0 Å². The van der Waals surface area contributed by atoms with Crippen LogP contribution in [0.1, 0.15) is 22.3 Å². The molecule has 2 aromatic carbocycles. The molecular formula is C17H21NO2. The summed E-state index contributed by atoms with van der Waals surface area (Å²) >= 11 is 0. The van der Waals surface area contributed by atoms with Crippen LogP contribution in [0.5, 0.6) is 5.75 Å². The van der Waals surface area contributed by atoms with Gasteiger partial charge in [-0.2, -0.15) is 0 Å². The van der Waals surface area contributed by atoms with Gasteiger partial charge in [-0.25, -0.2) is 0 Å². The van der Waals surface area contributed by atoms with Crippen molar-refractivity contribution < 1.29 is 9.47 Å². The maximum Gasteiger partial charge on any atom is 0.118 e. The van der Waals surface area contributed by atoms with Gasteiger partial charge >= 0.3 is 0 Å². The van der Waals surface area contributed by atoms with E-state index in [2.05, 4.69) is 25.1 Å². The molecule has 2 rings (SSSR count). The summed E-state index contributed by atoms with van der Waals surface area (Å²) in [5.74, 6) is 0.863. The van der Waals surface area contributed by atoms with Gasteiger partial charge in [-0.15, -0.1) is 0 Å². The standard InChI is InChI=1S/C17H21NO2/c1-13-9-15(10-18)3-6-16(13)12-20-11-14-4-7-17(19-2)8-5-14/h3-9H,10-12,18H2,1-2H3. The predicted molar refractivity (Wildman–Crippen MR) is 80.6 cm³/mol. The van der Waals surface area contributed by atoms with Crippen molar-refractivity contribution in [1.82, 2.24) is 0 Å². The molecule has 0 heterocycles. The third kappa shape index (κ3) is 3.83. The molecule has 0 spiro atoms. The van der Waals surface area contributed by atoms with Crippen LogP contribution in [0.25, 0.3) is 0 Å². The van der Waals surface area contributed by atoms with E-state index in [9.17, 15) is 0 Å². The fourth-order valence-electron chi connectivity index (χ4n) is 2.05. The molecule has 0 aliphatic rings. The van der Waals surface area contributed by atoms with E-state index in [0.717, 1.165) is 16.9 Å². The minimum atomic E-state index is 0.577. The van der Waals surface area contributed by atoms with Crippen molar-refractivity contribution in [2.45, 2.75) is 26.7 Å². The van der Waals surface area contributed by atoms with Gasteiger partial charge in [0.25, 0.3) is 0 Å². The lowest BCUT2D eigenvalue weighted by Gasteiger charge is -2.09. The molecule has 0 bridgehead atoms. The highest BCUT2D eigenvalue weighted by molar-refractivity contribution is 5.30. The number of rotatable bonds is 6. The first-order valence-corrected chi connectivity index (χ1v) is 6.72. The molecule has 0 atom stereocenters. The van der Waals surface area contributed by atoms with Crippen LogP contribution in [0.15, 0.2) is 42.5 Å². The van der Waals surface area contributed by atoms with Gasteiger partial charge in [-0.1, -0.05) is 30.3 Å². The fourth-order valence-corrected chi connectivity index (χ4v) is 2.05. The maximum atomic E-state index is 5.76. The van der Waals surface area contributed by atoms with Crippen molar-refractivity contribution in [1.29, 1.82) is 0 Å². The number of methoxy groups -OCH3 is 1. The Bertz CT molecular complexity index is 549. The van der Waals surface area contributed by atoms with Crippen LogP contribution in [0, 0.1) is 6.92 Å².